The van der Waals surface area contributed by atoms with E-state index in [0.29, 0.717) is 12.3 Å². The smallest absolute Gasteiger partial charge is 0.227 e. The lowest BCUT2D eigenvalue weighted by Crippen LogP contribution is -2.39. The van der Waals surface area contributed by atoms with Gasteiger partial charge in [0.2, 0.25) is 5.91 Å². The van der Waals surface area contributed by atoms with E-state index in [0.717, 1.165) is 37.9 Å². The lowest BCUT2D eigenvalue weighted by molar-refractivity contribution is -0.131. The average molecular weight is 282 g/mol. The summed E-state index contributed by atoms with van der Waals surface area (Å²) in [5, 5.41) is 0. The molecule has 3 rings (SSSR count). The van der Waals surface area contributed by atoms with Gasteiger partial charge in [0.25, 0.3) is 0 Å². The van der Waals surface area contributed by atoms with Crippen molar-refractivity contribution in [3.05, 3.63) is 59.9 Å². The molecule has 2 heterocycles. The SMILES string of the molecule is O=C(Cc1cc[nH]c1)N1CCC(Cc2ccccc2)CC1. The van der Waals surface area contributed by atoms with E-state index in [1.165, 1.54) is 5.56 Å². The molecule has 2 aromatic rings. The summed E-state index contributed by atoms with van der Waals surface area (Å²) in [6.07, 6.45) is 7.67. The second-order valence-corrected chi connectivity index (χ2v) is 5.91. The summed E-state index contributed by atoms with van der Waals surface area (Å²) in [5.41, 5.74) is 2.49. The first kappa shape index (κ1) is 13.9. The van der Waals surface area contributed by atoms with Crippen molar-refractivity contribution < 1.29 is 4.79 Å². The average Bonchev–Trinajstić information content (AvgIpc) is 3.02. The van der Waals surface area contributed by atoms with Gasteiger partial charge < -0.3 is 9.88 Å². The highest BCUT2D eigenvalue weighted by molar-refractivity contribution is 5.78. The molecule has 0 radical (unpaired) electrons. The fraction of sp³-hybridized carbons (Fsp3) is 0.389. The molecule has 0 unspecified atom stereocenters. The second-order valence-electron chi connectivity index (χ2n) is 5.91. The molecule has 0 saturated carbocycles. The topological polar surface area (TPSA) is 36.1 Å². The summed E-state index contributed by atoms with van der Waals surface area (Å²) in [4.78, 5) is 17.3. The zero-order valence-electron chi connectivity index (χ0n) is 12.3. The highest BCUT2D eigenvalue weighted by Crippen LogP contribution is 2.22. The number of aromatic nitrogens is 1. The van der Waals surface area contributed by atoms with Crippen molar-refractivity contribution in [3.63, 3.8) is 0 Å². The normalized spacial score (nSPS) is 16.1. The summed E-state index contributed by atoms with van der Waals surface area (Å²) < 4.78 is 0. The standard InChI is InChI=1S/C18H22N2O/c21-18(13-17-6-9-19-14-17)20-10-7-16(8-11-20)12-15-4-2-1-3-5-15/h1-6,9,14,16,19H,7-8,10-13H2. The Balaban J connectivity index is 1.47. The Morgan fingerprint density at radius 2 is 1.86 bits per heavy atom. The molecule has 1 aliphatic heterocycles. The Kier molecular flexibility index (Phi) is 4.39. The first-order chi connectivity index (χ1) is 10.3. The van der Waals surface area contributed by atoms with Gasteiger partial charge in [-0.3, -0.25) is 4.79 Å². The number of likely N-dealkylation sites (tertiary alicyclic amines) is 1. The van der Waals surface area contributed by atoms with Gasteiger partial charge in [-0.15, -0.1) is 0 Å². The minimum Gasteiger partial charge on any atom is -0.367 e. The minimum atomic E-state index is 0.257. The molecule has 0 bridgehead atoms. The summed E-state index contributed by atoms with van der Waals surface area (Å²) in [7, 11) is 0. The number of aromatic amines is 1. The fourth-order valence-electron chi connectivity index (χ4n) is 3.09. The Bertz CT molecular complexity index is 554. The highest BCUT2D eigenvalue weighted by Gasteiger charge is 2.22. The van der Waals surface area contributed by atoms with Crippen LogP contribution in [0.4, 0.5) is 0 Å². The molecule has 1 fully saturated rings. The van der Waals surface area contributed by atoms with E-state index in [2.05, 4.69) is 35.3 Å². The van der Waals surface area contributed by atoms with Crippen LogP contribution in [0.3, 0.4) is 0 Å². The van der Waals surface area contributed by atoms with E-state index in [1.807, 2.05) is 23.4 Å². The van der Waals surface area contributed by atoms with Gasteiger partial charge in [-0.05, 0) is 42.4 Å². The van der Waals surface area contributed by atoms with Crippen LogP contribution in [-0.4, -0.2) is 28.9 Å². The van der Waals surface area contributed by atoms with Crippen molar-refractivity contribution in [2.75, 3.05) is 13.1 Å². The van der Waals surface area contributed by atoms with Crippen molar-refractivity contribution >= 4 is 5.91 Å². The van der Waals surface area contributed by atoms with Crippen LogP contribution in [0.15, 0.2) is 48.8 Å². The van der Waals surface area contributed by atoms with Crippen molar-refractivity contribution in [1.29, 1.82) is 0 Å². The Hall–Kier alpha value is -2.03. The molecule has 1 aromatic carbocycles. The van der Waals surface area contributed by atoms with Crippen LogP contribution in [0.5, 0.6) is 0 Å². The molecule has 1 saturated heterocycles. The fourth-order valence-corrected chi connectivity index (χ4v) is 3.09. The van der Waals surface area contributed by atoms with Gasteiger partial charge in [0.05, 0.1) is 6.42 Å². The summed E-state index contributed by atoms with van der Waals surface area (Å²) in [6, 6.07) is 12.6. The van der Waals surface area contributed by atoms with E-state index < -0.39 is 0 Å². The van der Waals surface area contributed by atoms with E-state index in [-0.39, 0.29) is 5.91 Å². The number of carbonyl (C=O) groups excluding carboxylic acids is 1. The van der Waals surface area contributed by atoms with Crippen LogP contribution in [0.25, 0.3) is 0 Å². The van der Waals surface area contributed by atoms with Crippen LogP contribution >= 0.6 is 0 Å². The van der Waals surface area contributed by atoms with Gasteiger partial charge in [0.1, 0.15) is 0 Å². The number of nitrogens with zero attached hydrogens (tertiary/aromatic N) is 1. The van der Waals surface area contributed by atoms with Crippen molar-refractivity contribution in [1.82, 2.24) is 9.88 Å². The number of hydrogen-bond donors (Lipinski definition) is 1. The molecule has 3 nitrogen and oxygen atoms in total. The molecule has 110 valence electrons. The maximum Gasteiger partial charge on any atom is 0.227 e. The van der Waals surface area contributed by atoms with Gasteiger partial charge in [-0.25, -0.2) is 0 Å². The molecule has 0 aliphatic carbocycles. The lowest BCUT2D eigenvalue weighted by atomic mass is 9.90. The van der Waals surface area contributed by atoms with E-state index >= 15 is 0 Å². The zero-order chi connectivity index (χ0) is 14.5. The van der Waals surface area contributed by atoms with Gasteiger partial charge in [-0.2, -0.15) is 0 Å². The molecule has 3 heteroatoms. The number of benzene rings is 1. The molecule has 0 spiro atoms. The number of carbonyl (C=O) groups is 1. The molecule has 1 amide bonds. The Labute approximate surface area is 126 Å². The van der Waals surface area contributed by atoms with Crippen LogP contribution < -0.4 is 0 Å². The number of nitrogens with one attached hydrogen (secondary N) is 1. The molecule has 0 atom stereocenters. The van der Waals surface area contributed by atoms with Crippen LogP contribution in [0.2, 0.25) is 0 Å². The third kappa shape index (κ3) is 3.75. The molecule has 1 aliphatic rings. The van der Waals surface area contributed by atoms with Crippen molar-refractivity contribution in [2.24, 2.45) is 5.92 Å². The second kappa shape index (κ2) is 6.61. The van der Waals surface area contributed by atoms with Gasteiger partial charge in [0.15, 0.2) is 0 Å². The number of rotatable bonds is 4. The number of amides is 1. The Morgan fingerprint density at radius 1 is 1.10 bits per heavy atom. The van der Waals surface area contributed by atoms with Crippen LogP contribution in [0, 0.1) is 5.92 Å². The summed E-state index contributed by atoms with van der Waals surface area (Å²) >= 11 is 0. The quantitative estimate of drug-likeness (QED) is 0.919. The summed E-state index contributed by atoms with van der Waals surface area (Å²) in [5.74, 6) is 0.969. The lowest BCUT2D eigenvalue weighted by Gasteiger charge is -2.32. The van der Waals surface area contributed by atoms with Crippen molar-refractivity contribution in [2.45, 2.75) is 25.7 Å². The molecular weight excluding hydrogens is 260 g/mol. The third-order valence-corrected chi connectivity index (χ3v) is 4.35. The monoisotopic (exact) mass is 282 g/mol. The molecule has 1 N–H and O–H groups in total. The molecule has 1 aromatic heterocycles. The number of hydrogen-bond acceptors (Lipinski definition) is 1. The van der Waals surface area contributed by atoms with Gasteiger partial charge in [-0.1, -0.05) is 30.3 Å². The molecular formula is C18H22N2O. The molecule has 21 heavy (non-hydrogen) atoms. The number of piperidine rings is 1. The van der Waals surface area contributed by atoms with E-state index in [4.69, 9.17) is 0 Å². The first-order valence-electron chi connectivity index (χ1n) is 7.74. The van der Waals surface area contributed by atoms with E-state index in [1.54, 1.807) is 0 Å². The third-order valence-electron chi connectivity index (χ3n) is 4.35. The zero-order valence-corrected chi connectivity index (χ0v) is 12.3. The number of H-pyrrole nitrogens is 1. The van der Waals surface area contributed by atoms with Crippen LogP contribution in [0.1, 0.15) is 24.0 Å². The largest absolute Gasteiger partial charge is 0.367 e. The predicted octanol–water partition coefficient (Wildman–Crippen LogP) is 3.04. The Morgan fingerprint density at radius 3 is 2.52 bits per heavy atom. The van der Waals surface area contributed by atoms with Gasteiger partial charge >= 0.3 is 0 Å². The maximum atomic E-state index is 12.2. The van der Waals surface area contributed by atoms with E-state index in [9.17, 15) is 4.79 Å². The maximum absolute atomic E-state index is 12.2. The van der Waals surface area contributed by atoms with Gasteiger partial charge in [0, 0.05) is 25.5 Å². The van der Waals surface area contributed by atoms with Crippen molar-refractivity contribution in [3.8, 4) is 0 Å². The predicted molar refractivity (Wildman–Crippen MR) is 83.9 cm³/mol. The minimum absolute atomic E-state index is 0.257. The van der Waals surface area contributed by atoms with Crippen LogP contribution in [-0.2, 0) is 17.6 Å². The summed E-state index contributed by atoms with van der Waals surface area (Å²) in [6.45, 7) is 1.81. The highest BCUT2D eigenvalue weighted by atomic mass is 16.2. The first-order valence-corrected chi connectivity index (χ1v) is 7.74.